The van der Waals surface area contributed by atoms with Gasteiger partial charge in [-0.2, -0.15) is 4.98 Å². The molecule has 0 fully saturated rings. The van der Waals surface area contributed by atoms with Gasteiger partial charge in [-0.3, -0.25) is 0 Å². The van der Waals surface area contributed by atoms with E-state index in [1.807, 2.05) is 19.1 Å². The van der Waals surface area contributed by atoms with E-state index >= 15 is 0 Å². The van der Waals surface area contributed by atoms with Crippen LogP contribution in [0.5, 0.6) is 0 Å². The molecule has 2 aromatic carbocycles. The van der Waals surface area contributed by atoms with Crippen LogP contribution in [-0.2, 0) is 16.4 Å². The Kier molecular flexibility index (Phi) is 5.38. The number of aromatic nitrogens is 2. The standard InChI is InChI=1S/C19H20N4O3S/c1-13-11-20-19(21-15-9-7-14(12-24)8-10-15)23-18(13)22-16-5-3-4-6-17(16)27(2,25)26/h3-11,24H,12H2,1-2H3,(H2,20,21,22,23). The van der Waals surface area contributed by atoms with Crippen molar-refractivity contribution in [3.05, 3.63) is 65.9 Å². The number of rotatable bonds is 6. The number of aliphatic hydroxyl groups excluding tert-OH is 1. The molecule has 8 heteroatoms. The molecule has 0 spiro atoms. The highest BCUT2D eigenvalue weighted by molar-refractivity contribution is 7.90. The fraction of sp³-hybridized carbons (Fsp3) is 0.158. The molecule has 7 nitrogen and oxygen atoms in total. The van der Waals surface area contributed by atoms with Crippen molar-refractivity contribution >= 4 is 33.0 Å². The number of nitrogens with zero attached hydrogens (tertiary/aromatic N) is 2. The van der Waals surface area contributed by atoms with Crippen LogP contribution in [0.4, 0.5) is 23.1 Å². The number of sulfone groups is 1. The molecule has 0 aliphatic heterocycles. The lowest BCUT2D eigenvalue weighted by atomic mass is 10.2. The summed E-state index contributed by atoms with van der Waals surface area (Å²) in [5.74, 6) is 0.882. The molecule has 0 amide bonds. The molecular weight excluding hydrogens is 364 g/mol. The van der Waals surface area contributed by atoms with Crippen LogP contribution in [0.2, 0.25) is 0 Å². The first kappa shape index (κ1) is 18.8. The van der Waals surface area contributed by atoms with Gasteiger partial charge in [-0.05, 0) is 36.8 Å². The largest absolute Gasteiger partial charge is 0.392 e. The summed E-state index contributed by atoms with van der Waals surface area (Å²) < 4.78 is 24.0. The second-order valence-corrected chi connectivity index (χ2v) is 8.08. The van der Waals surface area contributed by atoms with Crippen LogP contribution < -0.4 is 10.6 Å². The fourth-order valence-corrected chi connectivity index (χ4v) is 3.32. The summed E-state index contributed by atoms with van der Waals surface area (Å²) in [6, 6.07) is 13.9. The first-order chi connectivity index (χ1) is 12.9. The van der Waals surface area contributed by atoms with Gasteiger partial charge in [0.05, 0.1) is 17.2 Å². The maximum absolute atomic E-state index is 12.0. The quantitative estimate of drug-likeness (QED) is 0.599. The molecule has 1 heterocycles. The van der Waals surface area contributed by atoms with E-state index in [0.29, 0.717) is 17.5 Å². The van der Waals surface area contributed by atoms with Crippen LogP contribution in [0.1, 0.15) is 11.1 Å². The number of aryl methyl sites for hydroxylation is 1. The van der Waals surface area contributed by atoms with E-state index in [0.717, 1.165) is 16.8 Å². The van der Waals surface area contributed by atoms with Gasteiger partial charge in [-0.15, -0.1) is 0 Å². The van der Waals surface area contributed by atoms with Gasteiger partial charge in [0.2, 0.25) is 5.95 Å². The SMILES string of the molecule is Cc1cnc(Nc2ccc(CO)cc2)nc1Nc1ccccc1S(C)(=O)=O. The van der Waals surface area contributed by atoms with Crippen LogP contribution in [0.15, 0.2) is 59.6 Å². The monoisotopic (exact) mass is 384 g/mol. The summed E-state index contributed by atoms with van der Waals surface area (Å²) in [5, 5.41) is 15.3. The van der Waals surface area contributed by atoms with Crippen molar-refractivity contribution in [2.75, 3.05) is 16.9 Å². The Bertz CT molecular complexity index is 1050. The molecule has 0 saturated carbocycles. The molecule has 0 aliphatic rings. The Balaban J connectivity index is 1.88. The maximum Gasteiger partial charge on any atom is 0.229 e. The van der Waals surface area contributed by atoms with Crippen molar-refractivity contribution in [3.8, 4) is 0 Å². The lowest BCUT2D eigenvalue weighted by Gasteiger charge is -2.13. The molecule has 27 heavy (non-hydrogen) atoms. The summed E-state index contributed by atoms with van der Waals surface area (Å²) >= 11 is 0. The van der Waals surface area contributed by atoms with Gasteiger partial charge in [-0.25, -0.2) is 13.4 Å². The smallest absolute Gasteiger partial charge is 0.229 e. The second kappa shape index (κ2) is 7.73. The average Bonchev–Trinajstić information content (AvgIpc) is 2.65. The van der Waals surface area contributed by atoms with E-state index in [1.165, 1.54) is 6.26 Å². The van der Waals surface area contributed by atoms with Gasteiger partial charge in [0.1, 0.15) is 5.82 Å². The van der Waals surface area contributed by atoms with Crippen LogP contribution >= 0.6 is 0 Å². The number of aliphatic hydroxyl groups is 1. The van der Waals surface area contributed by atoms with E-state index in [-0.39, 0.29) is 11.5 Å². The number of benzene rings is 2. The van der Waals surface area contributed by atoms with Crippen molar-refractivity contribution < 1.29 is 13.5 Å². The molecule has 0 aliphatic carbocycles. The fourth-order valence-electron chi connectivity index (χ4n) is 2.47. The summed E-state index contributed by atoms with van der Waals surface area (Å²) in [7, 11) is -3.37. The van der Waals surface area contributed by atoms with Gasteiger partial charge in [0.25, 0.3) is 0 Å². The minimum atomic E-state index is -3.37. The zero-order chi connectivity index (χ0) is 19.4. The number of hydrogen-bond donors (Lipinski definition) is 3. The Morgan fingerprint density at radius 3 is 2.41 bits per heavy atom. The highest BCUT2D eigenvalue weighted by Gasteiger charge is 2.14. The number of para-hydroxylation sites is 1. The Hall–Kier alpha value is -2.97. The molecule has 0 radical (unpaired) electrons. The van der Waals surface area contributed by atoms with Gasteiger partial charge in [0, 0.05) is 23.7 Å². The summed E-state index contributed by atoms with van der Waals surface area (Å²) in [6.07, 6.45) is 2.83. The van der Waals surface area contributed by atoms with Crippen molar-refractivity contribution in [1.29, 1.82) is 0 Å². The molecule has 140 valence electrons. The first-order valence-corrected chi connectivity index (χ1v) is 10.1. The zero-order valence-electron chi connectivity index (χ0n) is 15.0. The molecule has 3 rings (SSSR count). The minimum Gasteiger partial charge on any atom is -0.392 e. The van der Waals surface area contributed by atoms with Crippen molar-refractivity contribution in [2.24, 2.45) is 0 Å². The lowest BCUT2D eigenvalue weighted by molar-refractivity contribution is 0.282. The van der Waals surface area contributed by atoms with Crippen molar-refractivity contribution in [1.82, 2.24) is 9.97 Å². The van der Waals surface area contributed by atoms with Crippen LogP contribution in [0.25, 0.3) is 0 Å². The summed E-state index contributed by atoms with van der Waals surface area (Å²) in [5.41, 5.74) is 2.82. The molecule has 0 unspecified atom stereocenters. The lowest BCUT2D eigenvalue weighted by Crippen LogP contribution is -2.06. The molecule has 0 atom stereocenters. The molecule has 3 aromatic rings. The first-order valence-electron chi connectivity index (χ1n) is 8.23. The highest BCUT2D eigenvalue weighted by atomic mass is 32.2. The third-order valence-corrected chi connectivity index (χ3v) is 5.06. The van der Waals surface area contributed by atoms with Crippen LogP contribution in [0.3, 0.4) is 0 Å². The molecule has 0 saturated heterocycles. The Labute approximate surface area is 158 Å². The number of nitrogens with one attached hydrogen (secondary N) is 2. The summed E-state index contributed by atoms with van der Waals surface area (Å²) in [4.78, 5) is 8.92. The van der Waals surface area contributed by atoms with Crippen molar-refractivity contribution in [2.45, 2.75) is 18.4 Å². The van der Waals surface area contributed by atoms with E-state index in [1.54, 1.807) is 42.6 Å². The zero-order valence-corrected chi connectivity index (χ0v) is 15.8. The van der Waals surface area contributed by atoms with E-state index in [4.69, 9.17) is 5.11 Å². The van der Waals surface area contributed by atoms with Gasteiger partial charge in [0.15, 0.2) is 9.84 Å². The minimum absolute atomic E-state index is 0.0187. The topological polar surface area (TPSA) is 104 Å². The maximum atomic E-state index is 12.0. The van der Waals surface area contributed by atoms with E-state index in [9.17, 15) is 8.42 Å². The Morgan fingerprint density at radius 1 is 1.04 bits per heavy atom. The third-order valence-electron chi connectivity index (χ3n) is 3.90. The second-order valence-electron chi connectivity index (χ2n) is 6.10. The van der Waals surface area contributed by atoms with Gasteiger partial charge >= 0.3 is 0 Å². The van der Waals surface area contributed by atoms with Crippen LogP contribution in [-0.4, -0.2) is 29.7 Å². The molecular formula is C19H20N4O3S. The summed E-state index contributed by atoms with van der Waals surface area (Å²) in [6.45, 7) is 1.82. The average molecular weight is 384 g/mol. The van der Waals surface area contributed by atoms with Crippen LogP contribution in [0, 0.1) is 6.92 Å². The molecule has 0 bridgehead atoms. The molecule has 1 aromatic heterocycles. The number of hydrogen-bond acceptors (Lipinski definition) is 7. The predicted octanol–water partition coefficient (Wildman–Crippen LogP) is 3.17. The van der Waals surface area contributed by atoms with Gasteiger partial charge in [-0.1, -0.05) is 24.3 Å². The third kappa shape index (κ3) is 4.60. The van der Waals surface area contributed by atoms with E-state index < -0.39 is 9.84 Å². The predicted molar refractivity (Wildman–Crippen MR) is 105 cm³/mol. The highest BCUT2D eigenvalue weighted by Crippen LogP contribution is 2.26. The Morgan fingerprint density at radius 2 is 1.74 bits per heavy atom. The normalized spacial score (nSPS) is 11.2. The van der Waals surface area contributed by atoms with Gasteiger partial charge < -0.3 is 15.7 Å². The van der Waals surface area contributed by atoms with E-state index in [2.05, 4.69) is 20.6 Å². The molecule has 3 N–H and O–H groups in total. The number of anilines is 4. The van der Waals surface area contributed by atoms with Crippen molar-refractivity contribution in [3.63, 3.8) is 0 Å².